The van der Waals surface area contributed by atoms with Crippen LogP contribution in [-0.4, -0.2) is 10.3 Å². The van der Waals surface area contributed by atoms with E-state index in [-0.39, 0.29) is 0 Å². The molecular formula is C9H9N3O. The smallest absolute Gasteiger partial charge is 0.196 e. The summed E-state index contributed by atoms with van der Waals surface area (Å²) in [6.07, 6.45) is 0. The van der Waals surface area contributed by atoms with E-state index in [9.17, 15) is 0 Å². The Morgan fingerprint density at radius 2 is 1.85 bits per heavy atom. The predicted molar refractivity (Wildman–Crippen MR) is 48.9 cm³/mol. The van der Waals surface area contributed by atoms with Crippen molar-refractivity contribution in [3.63, 3.8) is 0 Å². The maximum atomic E-state index is 5.54. The fourth-order valence-electron chi connectivity index (χ4n) is 1.11. The van der Waals surface area contributed by atoms with E-state index in [1.807, 2.05) is 31.2 Å². The normalized spacial score (nSPS) is 10.2. The lowest BCUT2D eigenvalue weighted by molar-refractivity contribution is 0.310. The SMILES string of the molecule is Cc1ccc(-c2nonc2N)cc1. The van der Waals surface area contributed by atoms with Crippen LogP contribution in [0, 0.1) is 6.92 Å². The summed E-state index contributed by atoms with van der Waals surface area (Å²) in [7, 11) is 0. The van der Waals surface area contributed by atoms with Crippen LogP contribution in [0.4, 0.5) is 5.82 Å². The predicted octanol–water partition coefficient (Wildman–Crippen LogP) is 1.63. The van der Waals surface area contributed by atoms with E-state index in [4.69, 9.17) is 5.73 Å². The lowest BCUT2D eigenvalue weighted by atomic mass is 10.1. The van der Waals surface area contributed by atoms with E-state index in [1.54, 1.807) is 0 Å². The molecule has 2 rings (SSSR count). The van der Waals surface area contributed by atoms with Gasteiger partial charge in [0.25, 0.3) is 0 Å². The lowest BCUT2D eigenvalue weighted by Crippen LogP contribution is -1.88. The van der Waals surface area contributed by atoms with Crippen molar-refractivity contribution in [3.05, 3.63) is 29.8 Å². The molecule has 4 heteroatoms. The van der Waals surface area contributed by atoms with Gasteiger partial charge in [0.05, 0.1) is 0 Å². The van der Waals surface area contributed by atoms with Crippen LogP contribution in [0.1, 0.15) is 5.56 Å². The number of aromatic nitrogens is 2. The van der Waals surface area contributed by atoms with Gasteiger partial charge < -0.3 is 5.73 Å². The van der Waals surface area contributed by atoms with E-state index in [0.29, 0.717) is 11.5 Å². The summed E-state index contributed by atoms with van der Waals surface area (Å²) >= 11 is 0. The molecule has 0 atom stereocenters. The van der Waals surface area contributed by atoms with Crippen molar-refractivity contribution in [2.75, 3.05) is 5.73 Å². The highest BCUT2D eigenvalue weighted by Gasteiger charge is 2.07. The van der Waals surface area contributed by atoms with Gasteiger partial charge in [-0.3, -0.25) is 0 Å². The number of nitrogen functional groups attached to an aromatic ring is 1. The van der Waals surface area contributed by atoms with Gasteiger partial charge in [0.2, 0.25) is 0 Å². The zero-order valence-corrected chi connectivity index (χ0v) is 7.19. The first kappa shape index (κ1) is 7.79. The van der Waals surface area contributed by atoms with Crippen molar-refractivity contribution >= 4 is 5.82 Å². The minimum atomic E-state index is 0.323. The molecule has 0 aliphatic rings. The monoisotopic (exact) mass is 175 g/mol. The van der Waals surface area contributed by atoms with Crippen molar-refractivity contribution in [2.45, 2.75) is 6.92 Å². The second kappa shape index (κ2) is 2.90. The van der Waals surface area contributed by atoms with Gasteiger partial charge in [0.15, 0.2) is 11.5 Å². The fourth-order valence-corrected chi connectivity index (χ4v) is 1.11. The van der Waals surface area contributed by atoms with Crippen molar-refractivity contribution < 1.29 is 4.63 Å². The molecule has 1 aromatic heterocycles. The van der Waals surface area contributed by atoms with Crippen molar-refractivity contribution in [1.29, 1.82) is 0 Å². The lowest BCUT2D eigenvalue weighted by Gasteiger charge is -1.96. The first-order chi connectivity index (χ1) is 6.27. The highest BCUT2D eigenvalue weighted by molar-refractivity contribution is 5.68. The first-order valence-electron chi connectivity index (χ1n) is 3.92. The third-order valence-corrected chi connectivity index (χ3v) is 1.84. The molecule has 0 bridgehead atoms. The first-order valence-corrected chi connectivity index (χ1v) is 3.92. The standard InChI is InChI=1S/C9H9N3O/c1-6-2-4-7(5-3-6)8-9(10)12-13-11-8/h2-5H,1H3,(H2,10,12). The van der Waals surface area contributed by atoms with Gasteiger partial charge in [-0.1, -0.05) is 29.8 Å². The maximum absolute atomic E-state index is 5.54. The zero-order valence-electron chi connectivity index (χ0n) is 7.19. The molecule has 0 aliphatic carbocycles. The second-order valence-electron chi connectivity index (χ2n) is 2.86. The Morgan fingerprint density at radius 1 is 1.15 bits per heavy atom. The Kier molecular flexibility index (Phi) is 1.73. The zero-order chi connectivity index (χ0) is 9.26. The highest BCUT2D eigenvalue weighted by Crippen LogP contribution is 2.21. The maximum Gasteiger partial charge on any atom is 0.196 e. The topological polar surface area (TPSA) is 64.9 Å². The summed E-state index contributed by atoms with van der Waals surface area (Å²) in [6, 6.07) is 7.85. The fraction of sp³-hybridized carbons (Fsp3) is 0.111. The van der Waals surface area contributed by atoms with Crippen LogP contribution in [0.25, 0.3) is 11.3 Å². The quantitative estimate of drug-likeness (QED) is 0.715. The van der Waals surface area contributed by atoms with Gasteiger partial charge in [0.1, 0.15) is 0 Å². The molecule has 0 unspecified atom stereocenters. The van der Waals surface area contributed by atoms with Crippen LogP contribution >= 0.6 is 0 Å². The minimum absolute atomic E-state index is 0.323. The Labute approximate surface area is 75.3 Å². The van der Waals surface area contributed by atoms with Crippen molar-refractivity contribution in [2.24, 2.45) is 0 Å². The third kappa shape index (κ3) is 1.38. The molecular weight excluding hydrogens is 166 g/mol. The number of nitrogens with zero attached hydrogens (tertiary/aromatic N) is 2. The van der Waals surface area contributed by atoms with Gasteiger partial charge in [-0.15, -0.1) is 0 Å². The number of benzene rings is 1. The van der Waals surface area contributed by atoms with Gasteiger partial charge in [0, 0.05) is 5.56 Å². The number of hydrogen-bond acceptors (Lipinski definition) is 4. The number of hydrogen-bond donors (Lipinski definition) is 1. The van der Waals surface area contributed by atoms with E-state index in [2.05, 4.69) is 14.9 Å². The molecule has 0 spiro atoms. The van der Waals surface area contributed by atoms with Gasteiger partial charge in [-0.25, -0.2) is 4.63 Å². The molecule has 66 valence electrons. The largest absolute Gasteiger partial charge is 0.379 e. The number of aryl methyl sites for hydroxylation is 1. The molecule has 13 heavy (non-hydrogen) atoms. The second-order valence-corrected chi connectivity index (χ2v) is 2.86. The summed E-state index contributed by atoms with van der Waals surface area (Å²) in [5, 5.41) is 7.21. The molecule has 0 aliphatic heterocycles. The van der Waals surface area contributed by atoms with Crippen LogP contribution < -0.4 is 5.73 Å². The van der Waals surface area contributed by atoms with Gasteiger partial charge in [-0.05, 0) is 17.2 Å². The minimum Gasteiger partial charge on any atom is -0.379 e. The summed E-state index contributed by atoms with van der Waals surface area (Å²) in [5.74, 6) is 0.323. The van der Waals surface area contributed by atoms with Crippen molar-refractivity contribution in [1.82, 2.24) is 10.3 Å². The van der Waals surface area contributed by atoms with Crippen molar-refractivity contribution in [3.8, 4) is 11.3 Å². The van der Waals surface area contributed by atoms with E-state index in [0.717, 1.165) is 5.56 Å². The summed E-state index contributed by atoms with van der Waals surface area (Å²) in [6.45, 7) is 2.02. The molecule has 0 fully saturated rings. The van der Waals surface area contributed by atoms with Crippen LogP contribution in [0.3, 0.4) is 0 Å². The molecule has 1 heterocycles. The molecule has 0 saturated carbocycles. The molecule has 1 aromatic carbocycles. The van der Waals surface area contributed by atoms with E-state index in [1.165, 1.54) is 5.56 Å². The van der Waals surface area contributed by atoms with Gasteiger partial charge in [-0.2, -0.15) is 0 Å². The van der Waals surface area contributed by atoms with Crippen LogP contribution in [-0.2, 0) is 0 Å². The average molecular weight is 175 g/mol. The molecule has 0 saturated heterocycles. The Morgan fingerprint density at radius 3 is 2.38 bits per heavy atom. The van der Waals surface area contributed by atoms with E-state index < -0.39 is 0 Å². The van der Waals surface area contributed by atoms with Gasteiger partial charge >= 0.3 is 0 Å². The molecule has 2 N–H and O–H groups in total. The Bertz CT molecular complexity index is 405. The van der Waals surface area contributed by atoms with Crippen LogP contribution in [0.2, 0.25) is 0 Å². The number of nitrogens with two attached hydrogens (primary N) is 1. The molecule has 0 radical (unpaired) electrons. The van der Waals surface area contributed by atoms with Crippen LogP contribution in [0.15, 0.2) is 28.9 Å². The summed E-state index contributed by atoms with van der Waals surface area (Å²) in [4.78, 5) is 0. The molecule has 4 nitrogen and oxygen atoms in total. The Balaban J connectivity index is 2.47. The number of rotatable bonds is 1. The summed E-state index contributed by atoms with van der Waals surface area (Å²) in [5.41, 5.74) is 8.25. The third-order valence-electron chi connectivity index (χ3n) is 1.84. The Hall–Kier alpha value is -1.84. The van der Waals surface area contributed by atoms with E-state index >= 15 is 0 Å². The average Bonchev–Trinajstić information content (AvgIpc) is 2.53. The molecule has 2 aromatic rings. The van der Waals surface area contributed by atoms with Crippen LogP contribution in [0.5, 0.6) is 0 Å². The summed E-state index contributed by atoms with van der Waals surface area (Å²) < 4.78 is 4.50. The number of anilines is 1. The highest BCUT2D eigenvalue weighted by atomic mass is 16.6. The molecule has 0 amide bonds.